The fourth-order valence-corrected chi connectivity index (χ4v) is 6.66. The van der Waals surface area contributed by atoms with Gasteiger partial charge in [-0.2, -0.15) is 0 Å². The van der Waals surface area contributed by atoms with Crippen molar-refractivity contribution in [2.45, 2.75) is 71.9 Å². The van der Waals surface area contributed by atoms with Gasteiger partial charge in [-0.05, 0) is 83.3 Å². The van der Waals surface area contributed by atoms with E-state index in [-0.39, 0.29) is 30.4 Å². The first-order chi connectivity index (χ1) is 22.7. The number of benzene rings is 4. The van der Waals surface area contributed by atoms with E-state index < -0.39 is 0 Å². The number of nitrogens with one attached hydrogen (secondary N) is 1. The molecule has 0 spiro atoms. The normalized spacial score (nSPS) is 15.4. The highest BCUT2D eigenvalue weighted by Gasteiger charge is 2.20. The largest absolute Gasteiger partial charge is 0.496 e. The highest BCUT2D eigenvalue weighted by Crippen LogP contribution is 2.30. The van der Waals surface area contributed by atoms with Gasteiger partial charge in [-0.15, -0.1) is 12.4 Å². The number of hydrogen-bond acceptors (Lipinski definition) is 6. The number of nitrogens with zero attached hydrogens (tertiary/aromatic N) is 2. The van der Waals surface area contributed by atoms with Crippen LogP contribution in [-0.2, 0) is 43.8 Å². The van der Waals surface area contributed by atoms with Gasteiger partial charge in [0.2, 0.25) is 5.91 Å². The Bertz CT molecular complexity index is 1630. The number of carbonyl (C=O) groups is 1. The van der Waals surface area contributed by atoms with Gasteiger partial charge in [-0.1, -0.05) is 72.8 Å². The standard InChI is InChI=1S/C21H26N2O2.C19H24N2O.ClH/c1-15(22-16(2)24)18-9-7-17(8-10-18)13-23-12-11-20-19(14-23)5-4-6-21(20)25-3;1-14(20)16-8-6-15(7-9-16)12-21-11-10-18-17(13-21)4-3-5-19(18)22-2;/h4-10,15H,11-14H2,1-3H3,(H,22,24);3-9,14H,10-13,20H2,1-2H3;1H/t15-;14-;/m00./s1. The summed E-state index contributed by atoms with van der Waals surface area (Å²) in [6.45, 7) is 11.5. The lowest BCUT2D eigenvalue weighted by molar-refractivity contribution is -0.119. The molecule has 256 valence electrons. The van der Waals surface area contributed by atoms with Crippen LogP contribution in [0.5, 0.6) is 11.5 Å². The second-order valence-electron chi connectivity index (χ2n) is 12.8. The molecule has 0 aromatic heterocycles. The molecule has 0 unspecified atom stereocenters. The molecule has 0 radical (unpaired) electrons. The van der Waals surface area contributed by atoms with Crippen molar-refractivity contribution in [1.29, 1.82) is 0 Å². The zero-order chi connectivity index (χ0) is 33.3. The third kappa shape index (κ3) is 9.60. The Morgan fingerprint density at radius 1 is 0.729 bits per heavy atom. The number of carbonyl (C=O) groups excluding carboxylic acids is 1. The molecule has 6 rings (SSSR count). The second-order valence-corrected chi connectivity index (χ2v) is 12.8. The monoisotopic (exact) mass is 670 g/mol. The Labute approximate surface area is 292 Å². The molecule has 0 fully saturated rings. The number of methoxy groups -OCH3 is 2. The quantitative estimate of drug-likeness (QED) is 0.197. The van der Waals surface area contributed by atoms with E-state index in [1.165, 1.54) is 38.9 Å². The van der Waals surface area contributed by atoms with Crippen molar-refractivity contribution in [3.8, 4) is 11.5 Å². The molecule has 0 aliphatic carbocycles. The molecular weight excluding hydrogens is 620 g/mol. The summed E-state index contributed by atoms with van der Waals surface area (Å²) in [5, 5.41) is 2.92. The van der Waals surface area contributed by atoms with Gasteiger partial charge in [0.15, 0.2) is 0 Å². The third-order valence-electron chi connectivity index (χ3n) is 9.26. The second kappa shape index (κ2) is 17.5. The van der Waals surface area contributed by atoms with E-state index in [0.717, 1.165) is 69.2 Å². The summed E-state index contributed by atoms with van der Waals surface area (Å²) in [5.74, 6) is 2.03. The smallest absolute Gasteiger partial charge is 0.217 e. The lowest BCUT2D eigenvalue weighted by Crippen LogP contribution is -2.30. The van der Waals surface area contributed by atoms with Crippen molar-refractivity contribution in [2.24, 2.45) is 5.73 Å². The fourth-order valence-electron chi connectivity index (χ4n) is 6.66. The van der Waals surface area contributed by atoms with E-state index in [0.29, 0.717) is 0 Å². The Kier molecular flexibility index (Phi) is 13.5. The van der Waals surface area contributed by atoms with Gasteiger partial charge in [0, 0.05) is 52.2 Å². The number of fused-ring (bicyclic) bond motifs is 2. The molecule has 0 saturated carbocycles. The topological polar surface area (TPSA) is 80.1 Å². The van der Waals surface area contributed by atoms with Crippen LogP contribution in [0.2, 0.25) is 0 Å². The van der Waals surface area contributed by atoms with E-state index in [2.05, 4.69) is 94.0 Å². The average Bonchev–Trinajstić information content (AvgIpc) is 3.08. The first-order valence-electron chi connectivity index (χ1n) is 16.7. The SMILES string of the molecule is COc1cccc2c1CCN(Cc1ccc([C@H](C)N)cc1)C2.COc1cccc2c1CCN(Cc1ccc([C@H](C)NC(C)=O)cc1)C2.Cl. The number of nitrogens with two attached hydrogens (primary N) is 1. The van der Waals surface area contributed by atoms with Gasteiger partial charge in [0.05, 0.1) is 20.3 Å². The molecule has 1 amide bonds. The van der Waals surface area contributed by atoms with Crippen molar-refractivity contribution in [3.05, 3.63) is 129 Å². The van der Waals surface area contributed by atoms with Crippen molar-refractivity contribution < 1.29 is 14.3 Å². The number of ether oxygens (including phenoxy) is 2. The number of rotatable bonds is 9. The molecule has 2 aliphatic heterocycles. The zero-order valence-electron chi connectivity index (χ0n) is 29.0. The lowest BCUT2D eigenvalue weighted by atomic mass is 9.98. The van der Waals surface area contributed by atoms with Crippen molar-refractivity contribution in [2.75, 3.05) is 27.3 Å². The van der Waals surface area contributed by atoms with Crippen LogP contribution < -0.4 is 20.5 Å². The molecule has 2 atom stereocenters. The molecule has 48 heavy (non-hydrogen) atoms. The summed E-state index contributed by atoms with van der Waals surface area (Å²) in [5.41, 5.74) is 16.3. The first kappa shape index (κ1) is 36.9. The Morgan fingerprint density at radius 2 is 1.17 bits per heavy atom. The number of amides is 1. The first-order valence-corrected chi connectivity index (χ1v) is 16.7. The maximum Gasteiger partial charge on any atom is 0.217 e. The van der Waals surface area contributed by atoms with Crippen LogP contribution in [0.15, 0.2) is 84.9 Å². The predicted octanol–water partition coefficient (Wildman–Crippen LogP) is 7.15. The van der Waals surface area contributed by atoms with Crippen LogP contribution in [0.3, 0.4) is 0 Å². The van der Waals surface area contributed by atoms with Gasteiger partial charge in [0.1, 0.15) is 11.5 Å². The van der Waals surface area contributed by atoms with E-state index in [4.69, 9.17) is 15.2 Å². The van der Waals surface area contributed by atoms with Crippen LogP contribution in [-0.4, -0.2) is 43.0 Å². The van der Waals surface area contributed by atoms with E-state index in [1.807, 2.05) is 19.9 Å². The van der Waals surface area contributed by atoms with E-state index >= 15 is 0 Å². The molecule has 2 aliphatic rings. The molecule has 8 heteroatoms. The zero-order valence-corrected chi connectivity index (χ0v) is 29.8. The van der Waals surface area contributed by atoms with Gasteiger partial charge in [-0.25, -0.2) is 0 Å². The predicted molar refractivity (Wildman–Crippen MR) is 197 cm³/mol. The molecule has 2 heterocycles. The molecule has 4 aromatic rings. The Balaban J connectivity index is 0.000000214. The van der Waals surface area contributed by atoms with Crippen LogP contribution in [0, 0.1) is 0 Å². The van der Waals surface area contributed by atoms with Gasteiger partial charge in [-0.3, -0.25) is 14.6 Å². The molecule has 7 nitrogen and oxygen atoms in total. The van der Waals surface area contributed by atoms with Crippen molar-refractivity contribution in [1.82, 2.24) is 15.1 Å². The van der Waals surface area contributed by atoms with Crippen LogP contribution in [0.4, 0.5) is 0 Å². The summed E-state index contributed by atoms with van der Waals surface area (Å²) in [7, 11) is 3.49. The highest BCUT2D eigenvalue weighted by atomic mass is 35.5. The Hall–Kier alpha value is -3.88. The maximum atomic E-state index is 11.2. The number of hydrogen-bond donors (Lipinski definition) is 2. The summed E-state index contributed by atoms with van der Waals surface area (Å²) in [6, 6.07) is 30.0. The van der Waals surface area contributed by atoms with Gasteiger partial charge < -0.3 is 20.5 Å². The summed E-state index contributed by atoms with van der Waals surface area (Å²) < 4.78 is 11.0. The fraction of sp³-hybridized carbons (Fsp3) is 0.375. The minimum atomic E-state index is -0.000938. The molecule has 4 aromatic carbocycles. The van der Waals surface area contributed by atoms with Crippen LogP contribution >= 0.6 is 12.4 Å². The minimum absolute atomic E-state index is 0. The van der Waals surface area contributed by atoms with E-state index in [9.17, 15) is 4.79 Å². The van der Waals surface area contributed by atoms with Crippen LogP contribution in [0.1, 0.15) is 77.4 Å². The minimum Gasteiger partial charge on any atom is -0.496 e. The van der Waals surface area contributed by atoms with Gasteiger partial charge in [0.25, 0.3) is 0 Å². The highest BCUT2D eigenvalue weighted by molar-refractivity contribution is 5.85. The maximum absolute atomic E-state index is 11.2. The Morgan fingerprint density at radius 3 is 1.56 bits per heavy atom. The van der Waals surface area contributed by atoms with Crippen LogP contribution in [0.25, 0.3) is 0 Å². The summed E-state index contributed by atoms with van der Waals surface area (Å²) >= 11 is 0. The molecular formula is C40H51ClN4O3. The van der Waals surface area contributed by atoms with E-state index in [1.54, 1.807) is 21.1 Å². The van der Waals surface area contributed by atoms with Crippen molar-refractivity contribution >= 4 is 18.3 Å². The average molecular weight is 671 g/mol. The van der Waals surface area contributed by atoms with Crippen molar-refractivity contribution in [3.63, 3.8) is 0 Å². The molecule has 0 bridgehead atoms. The third-order valence-corrected chi connectivity index (χ3v) is 9.26. The summed E-state index contributed by atoms with van der Waals surface area (Å²) in [6.07, 6.45) is 2.08. The molecule has 3 N–H and O–H groups in total. The summed E-state index contributed by atoms with van der Waals surface area (Å²) in [4.78, 5) is 16.1. The number of halogens is 1. The molecule has 0 saturated heterocycles. The lowest BCUT2D eigenvalue weighted by Gasteiger charge is -2.29. The van der Waals surface area contributed by atoms with Gasteiger partial charge >= 0.3 is 0 Å².